The fourth-order valence-corrected chi connectivity index (χ4v) is 13.6. The second kappa shape index (κ2) is 17.6. The number of aliphatic hydroxyl groups is 1. The highest BCUT2D eigenvalue weighted by Crippen LogP contribution is 2.60. The number of carbonyl (C=O) groups is 2. The summed E-state index contributed by atoms with van der Waals surface area (Å²) >= 11 is 0. The minimum atomic E-state index is -2.54. The molecule has 1 aromatic heterocycles. The van der Waals surface area contributed by atoms with Crippen LogP contribution in [-0.4, -0.2) is 71.8 Å². The summed E-state index contributed by atoms with van der Waals surface area (Å²) in [4.78, 5) is 41.9. The predicted octanol–water partition coefficient (Wildman–Crippen LogP) is 7.43. The highest BCUT2D eigenvalue weighted by Gasteiger charge is 2.66. The first kappa shape index (κ1) is 43.0. The van der Waals surface area contributed by atoms with Crippen molar-refractivity contribution in [1.82, 2.24) is 15.0 Å². The molecule has 63 heavy (non-hydrogen) atoms. The Hall–Kier alpha value is -6.68. The monoisotopic (exact) mass is 866 g/mol. The van der Waals surface area contributed by atoms with Gasteiger partial charge in [0, 0.05) is 47.6 Å². The van der Waals surface area contributed by atoms with E-state index in [9.17, 15) is 20.0 Å². The topological polar surface area (TPSA) is 171 Å². The van der Waals surface area contributed by atoms with Gasteiger partial charge in [0.2, 0.25) is 0 Å². The van der Waals surface area contributed by atoms with Crippen LogP contribution < -0.4 is 24.9 Å². The first-order valence-electron chi connectivity index (χ1n) is 20.9. The van der Waals surface area contributed by atoms with Gasteiger partial charge in [0.1, 0.15) is 11.5 Å². The van der Waals surface area contributed by atoms with E-state index in [0.29, 0.717) is 46.9 Å². The number of hydrogen-bond acceptors (Lipinski definition) is 10. The molecule has 1 unspecified atom stereocenters. The zero-order valence-electron chi connectivity index (χ0n) is 35.8. The number of nitro groups is 1. The lowest BCUT2D eigenvalue weighted by Gasteiger charge is -2.37. The number of benzene rings is 5. The Bertz CT molecular complexity index is 2610. The summed E-state index contributed by atoms with van der Waals surface area (Å²) in [5, 5.41) is 35.6. The number of methoxy groups -OCH3 is 2. The Kier molecular flexibility index (Phi) is 12.0. The number of anilines is 2. The molecule has 2 amide bonds. The number of nitrogens with one attached hydrogen (secondary N) is 1. The second-order valence-corrected chi connectivity index (χ2v) is 21.4. The molecule has 2 aliphatic rings. The van der Waals surface area contributed by atoms with Crippen LogP contribution in [0.4, 0.5) is 17.1 Å². The maximum absolute atomic E-state index is 15.4. The van der Waals surface area contributed by atoms with Crippen molar-refractivity contribution in [2.75, 3.05) is 31.0 Å². The number of hydrogen-bond donors (Lipinski definition) is 2. The number of amides is 2. The molecule has 0 radical (unpaired) electrons. The molecule has 0 saturated carbocycles. The molecule has 8 rings (SSSR count). The average molecular weight is 867 g/mol. The Morgan fingerprint density at radius 2 is 1.62 bits per heavy atom. The number of aliphatic hydroxyl groups excluding tert-OH is 1. The summed E-state index contributed by atoms with van der Waals surface area (Å²) in [6.07, 6.45) is 1.87. The van der Waals surface area contributed by atoms with E-state index in [2.05, 4.69) is 40.9 Å². The maximum atomic E-state index is 15.4. The van der Waals surface area contributed by atoms with Gasteiger partial charge in [-0.3, -0.25) is 24.4 Å². The summed E-state index contributed by atoms with van der Waals surface area (Å²) in [6, 6.07) is 36.4. The van der Waals surface area contributed by atoms with Gasteiger partial charge in [-0.2, -0.15) is 0 Å². The van der Waals surface area contributed by atoms with Crippen LogP contribution in [0, 0.1) is 16.0 Å². The van der Waals surface area contributed by atoms with Crippen molar-refractivity contribution in [3.05, 3.63) is 166 Å². The van der Waals surface area contributed by atoms with Crippen molar-refractivity contribution >= 4 is 42.1 Å². The molecule has 5 atom stereocenters. The Morgan fingerprint density at radius 1 is 0.952 bits per heavy atom. The number of aryl methyl sites for hydroxylation is 1. The van der Waals surface area contributed by atoms with Gasteiger partial charge in [0.05, 0.1) is 63.8 Å². The van der Waals surface area contributed by atoms with Crippen LogP contribution in [-0.2, 0) is 28.2 Å². The lowest BCUT2D eigenvalue weighted by Crippen LogP contribution is -2.51. The minimum Gasteiger partial charge on any atom is -0.497 e. The zero-order valence-corrected chi connectivity index (χ0v) is 36.8. The summed E-state index contributed by atoms with van der Waals surface area (Å²) in [5.41, 5.74) is 2.65. The summed E-state index contributed by atoms with van der Waals surface area (Å²) in [5.74, 6) is 0.0787. The molecule has 3 heterocycles. The fraction of sp³-hybridized carbons (Fsp3) is 0.292. The average Bonchev–Trinajstić information content (AvgIpc) is 3.96. The third kappa shape index (κ3) is 8.10. The molecule has 1 fully saturated rings. The number of carbonyl (C=O) groups excluding carboxylic acids is 2. The summed E-state index contributed by atoms with van der Waals surface area (Å²) in [6.45, 7) is 7.06. The van der Waals surface area contributed by atoms with Crippen LogP contribution in [0.5, 0.6) is 11.5 Å². The van der Waals surface area contributed by atoms with Gasteiger partial charge in [0.15, 0.2) is 5.60 Å². The SMILES string of the molecule is COc1ccc(C(=O)Nc2ccc(CN3C(=O)[C@]4(O[C@H](CCn5cc(C(CO)c6ccccc6)nn5)[C@@H]([Si](C)(C)c5ccc(OC)cc5)[C@@H]4C)c4cc([N+](=O)[O-])ccc43)cc2)cc1. The van der Waals surface area contributed by atoms with Gasteiger partial charge in [-0.05, 0) is 77.7 Å². The number of fused-ring (bicyclic) bond motifs is 2. The van der Waals surface area contributed by atoms with E-state index in [1.807, 2.05) is 67.7 Å². The quantitative estimate of drug-likeness (QED) is 0.0601. The number of nitro benzene ring substituents is 1. The highest BCUT2D eigenvalue weighted by atomic mass is 28.3. The van der Waals surface area contributed by atoms with Crippen LogP contribution in [0.25, 0.3) is 0 Å². The molecule has 14 nitrogen and oxygen atoms in total. The van der Waals surface area contributed by atoms with Crippen molar-refractivity contribution in [2.24, 2.45) is 5.92 Å². The first-order valence-corrected chi connectivity index (χ1v) is 24.0. The van der Waals surface area contributed by atoms with E-state index in [-0.39, 0.29) is 42.1 Å². The van der Waals surface area contributed by atoms with Gasteiger partial charge < -0.3 is 29.5 Å². The van der Waals surface area contributed by atoms with E-state index in [1.165, 1.54) is 12.1 Å². The molecule has 5 aromatic carbocycles. The van der Waals surface area contributed by atoms with E-state index in [4.69, 9.17) is 14.2 Å². The van der Waals surface area contributed by atoms with E-state index in [0.717, 1.165) is 22.1 Å². The maximum Gasteiger partial charge on any atom is 0.269 e. The van der Waals surface area contributed by atoms with Crippen LogP contribution in [0.3, 0.4) is 0 Å². The van der Waals surface area contributed by atoms with Crippen LogP contribution in [0.1, 0.15) is 52.0 Å². The molecular formula is C48H50N6O8Si. The molecule has 1 spiro atoms. The second-order valence-electron chi connectivity index (χ2n) is 16.7. The van der Waals surface area contributed by atoms with Crippen molar-refractivity contribution < 1.29 is 33.8 Å². The molecule has 2 aliphatic heterocycles. The van der Waals surface area contributed by atoms with Gasteiger partial charge >= 0.3 is 0 Å². The van der Waals surface area contributed by atoms with Crippen molar-refractivity contribution in [3.63, 3.8) is 0 Å². The Labute approximate surface area is 366 Å². The van der Waals surface area contributed by atoms with Crippen LogP contribution in [0.15, 0.2) is 128 Å². The number of aromatic nitrogens is 3. The Morgan fingerprint density at radius 3 is 2.25 bits per heavy atom. The van der Waals surface area contributed by atoms with Gasteiger partial charge in [-0.25, -0.2) is 0 Å². The molecule has 6 aromatic rings. The molecule has 324 valence electrons. The lowest BCUT2D eigenvalue weighted by molar-refractivity contribution is -0.385. The van der Waals surface area contributed by atoms with Gasteiger partial charge in [-0.1, -0.05) is 85.0 Å². The van der Waals surface area contributed by atoms with Gasteiger partial charge in [-0.15, -0.1) is 5.10 Å². The normalized spacial score (nSPS) is 19.8. The first-order chi connectivity index (χ1) is 30.4. The van der Waals surface area contributed by atoms with Crippen molar-refractivity contribution in [1.29, 1.82) is 0 Å². The van der Waals surface area contributed by atoms with Crippen molar-refractivity contribution in [2.45, 2.75) is 62.7 Å². The molecule has 15 heteroatoms. The summed E-state index contributed by atoms with van der Waals surface area (Å²) in [7, 11) is 0.658. The smallest absolute Gasteiger partial charge is 0.269 e. The standard InChI is InChI=1S/C48H50N6O8Si/c1-31-45(63(4,5)39-22-20-38(61-3)21-23-39)44(25-26-52-29-42(50-51-52)40(30-55)33-9-7-6-8-10-33)62-48(31)41-27-36(54(58)59)17-24-43(41)53(47(48)57)28-32-11-15-35(16-12-32)49-46(56)34-13-18-37(60-2)19-14-34/h6-24,27,29,31,40,44-45,55H,25-26,28,30H2,1-5H3,(H,49,56)/t31-,40?,44+,45-,48+/m0/s1. The Balaban J connectivity index is 1.11. The lowest BCUT2D eigenvalue weighted by atomic mass is 9.82. The molecule has 2 N–H and O–H groups in total. The number of nitrogens with zero attached hydrogens (tertiary/aromatic N) is 5. The number of ether oxygens (including phenoxy) is 3. The fourth-order valence-electron chi connectivity index (χ4n) is 9.56. The van der Waals surface area contributed by atoms with E-state index >= 15 is 4.79 Å². The van der Waals surface area contributed by atoms with Crippen molar-refractivity contribution in [3.8, 4) is 11.5 Å². The molecule has 0 aliphatic carbocycles. The highest BCUT2D eigenvalue weighted by molar-refractivity contribution is 6.91. The molecule has 1 saturated heterocycles. The summed E-state index contributed by atoms with van der Waals surface area (Å²) < 4.78 is 19.7. The number of non-ortho nitro benzene ring substituents is 1. The van der Waals surface area contributed by atoms with E-state index in [1.54, 1.807) is 66.3 Å². The third-order valence-electron chi connectivity index (χ3n) is 12.9. The van der Waals surface area contributed by atoms with Crippen LogP contribution in [0.2, 0.25) is 18.6 Å². The van der Waals surface area contributed by atoms with Crippen LogP contribution >= 0.6 is 0 Å². The molecule has 0 bridgehead atoms. The third-order valence-corrected chi connectivity index (χ3v) is 17.2. The molecular weight excluding hydrogens is 817 g/mol. The largest absolute Gasteiger partial charge is 0.497 e. The van der Waals surface area contributed by atoms with E-state index < -0.39 is 30.6 Å². The number of rotatable bonds is 15. The minimum absolute atomic E-state index is 0.130. The predicted molar refractivity (Wildman–Crippen MR) is 241 cm³/mol. The van der Waals surface area contributed by atoms with Gasteiger partial charge in [0.25, 0.3) is 17.5 Å². The zero-order chi connectivity index (χ0) is 44.5.